The quantitative estimate of drug-likeness (QED) is 0.740. The van der Waals surface area contributed by atoms with Crippen LogP contribution in [0.25, 0.3) is 0 Å². The Bertz CT molecular complexity index is 211. The minimum atomic E-state index is 0.0462. The van der Waals surface area contributed by atoms with Crippen LogP contribution in [-0.2, 0) is 4.79 Å². The van der Waals surface area contributed by atoms with Gasteiger partial charge in [0.15, 0.2) is 0 Å². The first-order valence-corrected chi connectivity index (χ1v) is 5.55. The third-order valence-electron chi connectivity index (χ3n) is 3.51. The SMILES string of the molecule is CCC(C)(CC)NC1CCN(C)C1=O. The monoisotopic (exact) mass is 198 g/mol. The van der Waals surface area contributed by atoms with Gasteiger partial charge in [-0.2, -0.15) is 0 Å². The van der Waals surface area contributed by atoms with Gasteiger partial charge in [0.05, 0.1) is 6.04 Å². The van der Waals surface area contributed by atoms with Crippen molar-refractivity contribution in [2.75, 3.05) is 13.6 Å². The molecule has 1 amide bonds. The molecule has 1 fully saturated rings. The van der Waals surface area contributed by atoms with Crippen LogP contribution in [0.4, 0.5) is 0 Å². The van der Waals surface area contributed by atoms with Gasteiger partial charge in [0.2, 0.25) is 5.91 Å². The van der Waals surface area contributed by atoms with E-state index in [1.54, 1.807) is 0 Å². The summed E-state index contributed by atoms with van der Waals surface area (Å²) < 4.78 is 0. The molecule has 0 aromatic carbocycles. The first-order valence-electron chi connectivity index (χ1n) is 5.55. The van der Waals surface area contributed by atoms with E-state index in [4.69, 9.17) is 0 Å². The van der Waals surface area contributed by atoms with Crippen LogP contribution < -0.4 is 5.32 Å². The molecule has 14 heavy (non-hydrogen) atoms. The Labute approximate surface area is 86.9 Å². The molecule has 0 saturated carbocycles. The maximum atomic E-state index is 11.7. The molecule has 3 nitrogen and oxygen atoms in total. The predicted octanol–water partition coefficient (Wildman–Crippen LogP) is 1.39. The summed E-state index contributed by atoms with van der Waals surface area (Å²) in [7, 11) is 1.87. The molecule has 1 atom stereocenters. The zero-order valence-electron chi connectivity index (χ0n) is 9.76. The standard InChI is InChI=1S/C11H22N2O/c1-5-11(3,6-2)12-9-7-8-13(4)10(9)14/h9,12H,5-8H2,1-4H3. The number of likely N-dealkylation sites (N-methyl/N-ethyl adjacent to an activating group) is 1. The molecule has 1 saturated heterocycles. The number of nitrogens with zero attached hydrogens (tertiary/aromatic N) is 1. The van der Waals surface area contributed by atoms with Crippen molar-refractivity contribution in [1.29, 1.82) is 0 Å². The second-order valence-electron chi connectivity index (χ2n) is 4.51. The van der Waals surface area contributed by atoms with Gasteiger partial charge >= 0.3 is 0 Å². The lowest BCUT2D eigenvalue weighted by molar-refractivity contribution is -0.128. The van der Waals surface area contributed by atoms with Crippen LogP contribution in [0.2, 0.25) is 0 Å². The Morgan fingerprint density at radius 1 is 1.50 bits per heavy atom. The molecule has 0 aromatic heterocycles. The summed E-state index contributed by atoms with van der Waals surface area (Å²) in [5.74, 6) is 0.248. The number of hydrogen-bond acceptors (Lipinski definition) is 2. The van der Waals surface area contributed by atoms with E-state index in [0.717, 1.165) is 25.8 Å². The summed E-state index contributed by atoms with van der Waals surface area (Å²) in [6.45, 7) is 7.41. The molecule has 3 heteroatoms. The molecule has 1 aliphatic rings. The predicted molar refractivity (Wildman–Crippen MR) is 58.2 cm³/mol. The van der Waals surface area contributed by atoms with Gasteiger partial charge < -0.3 is 10.2 Å². The van der Waals surface area contributed by atoms with Crippen molar-refractivity contribution in [3.63, 3.8) is 0 Å². The third kappa shape index (κ3) is 2.27. The highest BCUT2D eigenvalue weighted by Gasteiger charge is 2.33. The van der Waals surface area contributed by atoms with E-state index >= 15 is 0 Å². The van der Waals surface area contributed by atoms with Crippen LogP contribution in [0, 0.1) is 0 Å². The molecule has 82 valence electrons. The van der Waals surface area contributed by atoms with Gasteiger partial charge in [0.1, 0.15) is 0 Å². The molecule has 0 spiro atoms. The first kappa shape index (κ1) is 11.5. The van der Waals surface area contributed by atoms with E-state index in [0.29, 0.717) is 0 Å². The Kier molecular flexibility index (Phi) is 3.53. The van der Waals surface area contributed by atoms with Crippen molar-refractivity contribution in [2.24, 2.45) is 0 Å². The molecule has 1 unspecified atom stereocenters. The molecule has 1 rings (SSSR count). The molecule has 0 aromatic rings. The lowest BCUT2D eigenvalue weighted by Gasteiger charge is -2.31. The Morgan fingerprint density at radius 2 is 2.07 bits per heavy atom. The van der Waals surface area contributed by atoms with Crippen molar-refractivity contribution in [3.05, 3.63) is 0 Å². The molecular weight excluding hydrogens is 176 g/mol. The fraction of sp³-hybridized carbons (Fsp3) is 0.909. The summed E-state index contributed by atoms with van der Waals surface area (Å²) in [5.41, 5.74) is 0.117. The maximum absolute atomic E-state index is 11.7. The lowest BCUT2D eigenvalue weighted by atomic mass is 9.94. The van der Waals surface area contributed by atoms with Crippen LogP contribution in [0.1, 0.15) is 40.0 Å². The van der Waals surface area contributed by atoms with Crippen molar-refractivity contribution >= 4 is 5.91 Å². The molecule has 1 N–H and O–H groups in total. The van der Waals surface area contributed by atoms with Crippen molar-refractivity contribution < 1.29 is 4.79 Å². The molecular formula is C11H22N2O. The number of hydrogen-bond donors (Lipinski definition) is 1. The molecule has 0 aliphatic carbocycles. The van der Waals surface area contributed by atoms with Crippen molar-refractivity contribution in [1.82, 2.24) is 10.2 Å². The lowest BCUT2D eigenvalue weighted by Crippen LogP contribution is -2.50. The zero-order chi connectivity index (χ0) is 10.8. The summed E-state index contributed by atoms with van der Waals surface area (Å²) >= 11 is 0. The van der Waals surface area contributed by atoms with Crippen LogP contribution in [0.3, 0.4) is 0 Å². The zero-order valence-corrected chi connectivity index (χ0v) is 9.76. The second kappa shape index (κ2) is 4.30. The van der Waals surface area contributed by atoms with Crippen LogP contribution in [0.15, 0.2) is 0 Å². The van der Waals surface area contributed by atoms with E-state index in [-0.39, 0.29) is 17.5 Å². The Morgan fingerprint density at radius 3 is 2.43 bits per heavy atom. The maximum Gasteiger partial charge on any atom is 0.239 e. The van der Waals surface area contributed by atoms with Gasteiger partial charge in [0, 0.05) is 19.1 Å². The average Bonchev–Trinajstić information content (AvgIpc) is 2.49. The van der Waals surface area contributed by atoms with Gasteiger partial charge in [-0.1, -0.05) is 13.8 Å². The largest absolute Gasteiger partial charge is 0.344 e. The number of nitrogens with one attached hydrogen (secondary N) is 1. The van der Waals surface area contributed by atoms with Crippen LogP contribution >= 0.6 is 0 Å². The summed E-state index contributed by atoms with van der Waals surface area (Å²) in [4.78, 5) is 13.5. The van der Waals surface area contributed by atoms with Gasteiger partial charge in [-0.3, -0.25) is 4.79 Å². The fourth-order valence-electron chi connectivity index (χ4n) is 1.83. The number of rotatable bonds is 4. The van der Waals surface area contributed by atoms with Gasteiger partial charge in [0.25, 0.3) is 0 Å². The van der Waals surface area contributed by atoms with Crippen LogP contribution in [0.5, 0.6) is 0 Å². The molecule has 0 radical (unpaired) electrons. The highest BCUT2D eigenvalue weighted by molar-refractivity contribution is 5.83. The smallest absolute Gasteiger partial charge is 0.239 e. The summed E-state index contributed by atoms with van der Waals surface area (Å²) in [5, 5.41) is 3.48. The number of amides is 1. The minimum Gasteiger partial charge on any atom is -0.344 e. The van der Waals surface area contributed by atoms with E-state index in [1.165, 1.54) is 0 Å². The van der Waals surface area contributed by atoms with E-state index < -0.39 is 0 Å². The topological polar surface area (TPSA) is 32.3 Å². The fourth-order valence-corrected chi connectivity index (χ4v) is 1.83. The van der Waals surface area contributed by atoms with Gasteiger partial charge in [-0.05, 0) is 26.2 Å². The van der Waals surface area contributed by atoms with E-state index in [1.807, 2.05) is 11.9 Å². The second-order valence-corrected chi connectivity index (χ2v) is 4.51. The average molecular weight is 198 g/mol. The van der Waals surface area contributed by atoms with Crippen molar-refractivity contribution in [3.8, 4) is 0 Å². The summed E-state index contributed by atoms with van der Waals surface area (Å²) in [6.07, 6.45) is 3.08. The van der Waals surface area contributed by atoms with E-state index in [9.17, 15) is 4.79 Å². The highest BCUT2D eigenvalue weighted by Crippen LogP contribution is 2.18. The van der Waals surface area contributed by atoms with Crippen LogP contribution in [-0.4, -0.2) is 36.0 Å². The Hall–Kier alpha value is -0.570. The first-order chi connectivity index (χ1) is 6.52. The highest BCUT2D eigenvalue weighted by atomic mass is 16.2. The van der Waals surface area contributed by atoms with E-state index in [2.05, 4.69) is 26.1 Å². The number of carbonyl (C=O) groups is 1. The molecule has 0 bridgehead atoms. The normalized spacial score (nSPS) is 23.3. The summed E-state index contributed by atoms with van der Waals surface area (Å²) in [6, 6.07) is 0.0462. The molecule has 1 heterocycles. The molecule has 1 aliphatic heterocycles. The number of carbonyl (C=O) groups excluding carboxylic acids is 1. The van der Waals surface area contributed by atoms with Gasteiger partial charge in [-0.15, -0.1) is 0 Å². The van der Waals surface area contributed by atoms with Crippen molar-refractivity contribution in [2.45, 2.75) is 51.6 Å². The minimum absolute atomic E-state index is 0.0462. The Balaban J connectivity index is 2.56. The number of likely N-dealkylation sites (tertiary alicyclic amines) is 1. The van der Waals surface area contributed by atoms with Gasteiger partial charge in [-0.25, -0.2) is 0 Å². The third-order valence-corrected chi connectivity index (χ3v) is 3.51.